The molecule has 0 bridgehead atoms. The van der Waals surface area contributed by atoms with Crippen molar-refractivity contribution in [2.45, 2.75) is 24.9 Å². The normalized spacial score (nSPS) is 27.1. The first-order valence-corrected chi connectivity index (χ1v) is 5.36. The second-order valence-electron chi connectivity index (χ2n) is 4.01. The number of nitrogen functional groups attached to an aromatic ring is 1. The monoisotopic (exact) mass is 251 g/mol. The van der Waals surface area contributed by atoms with E-state index in [2.05, 4.69) is 10.9 Å². The highest BCUT2D eigenvalue weighted by molar-refractivity contribution is 5.47. The molecule has 0 aliphatic carbocycles. The van der Waals surface area contributed by atoms with E-state index in [1.165, 1.54) is 6.20 Å². The molecule has 96 valence electrons. The van der Waals surface area contributed by atoms with Gasteiger partial charge in [-0.25, -0.2) is 4.79 Å². The van der Waals surface area contributed by atoms with Gasteiger partial charge >= 0.3 is 5.69 Å². The van der Waals surface area contributed by atoms with Crippen LogP contribution in [0.3, 0.4) is 0 Å². The number of anilines is 1. The topological polar surface area (TPSA) is 111 Å². The number of nitrogens with zero attached hydrogens (tertiary/aromatic N) is 2. The average molecular weight is 251 g/mol. The molecule has 0 saturated carbocycles. The van der Waals surface area contributed by atoms with Gasteiger partial charge in [-0.2, -0.15) is 4.98 Å². The summed E-state index contributed by atoms with van der Waals surface area (Å²) in [7, 11) is 0. The van der Waals surface area contributed by atoms with Gasteiger partial charge in [0, 0.05) is 12.6 Å². The average Bonchev–Trinajstić information content (AvgIpc) is 2.71. The summed E-state index contributed by atoms with van der Waals surface area (Å²) in [5.41, 5.74) is 5.07. The molecule has 0 amide bonds. The zero-order valence-corrected chi connectivity index (χ0v) is 9.48. The number of aromatic nitrogens is 2. The van der Waals surface area contributed by atoms with Crippen LogP contribution < -0.4 is 11.4 Å². The molecular formula is C11H13N3O4. The van der Waals surface area contributed by atoms with Gasteiger partial charge in [0.2, 0.25) is 0 Å². The first kappa shape index (κ1) is 12.6. The van der Waals surface area contributed by atoms with Crippen LogP contribution in [0.25, 0.3) is 0 Å². The lowest BCUT2D eigenvalue weighted by Crippen LogP contribution is -2.32. The second-order valence-corrected chi connectivity index (χ2v) is 4.01. The lowest BCUT2D eigenvalue weighted by Gasteiger charge is -2.17. The van der Waals surface area contributed by atoms with Gasteiger partial charge < -0.3 is 20.7 Å². The lowest BCUT2D eigenvalue weighted by atomic mass is 10.2. The van der Waals surface area contributed by atoms with E-state index in [-0.39, 0.29) is 24.4 Å². The molecule has 0 radical (unpaired) electrons. The fourth-order valence-corrected chi connectivity index (χ4v) is 1.87. The SMILES string of the molecule is C#Cc1cn([C@@H]2O[C@H](CO)C[C@@H]2O)c(=O)nc1N. The molecule has 1 aromatic rings. The zero-order valence-electron chi connectivity index (χ0n) is 9.48. The third-order valence-electron chi connectivity index (χ3n) is 2.78. The van der Waals surface area contributed by atoms with Crippen molar-refractivity contribution in [1.29, 1.82) is 0 Å². The highest BCUT2D eigenvalue weighted by atomic mass is 16.5. The number of terminal acetylenes is 1. The fraction of sp³-hybridized carbons (Fsp3) is 0.455. The molecular weight excluding hydrogens is 238 g/mol. The Labute approximate surface area is 103 Å². The minimum atomic E-state index is -0.908. The van der Waals surface area contributed by atoms with E-state index in [9.17, 15) is 9.90 Å². The van der Waals surface area contributed by atoms with E-state index in [0.29, 0.717) is 0 Å². The maximum absolute atomic E-state index is 11.7. The third kappa shape index (κ3) is 2.09. The summed E-state index contributed by atoms with van der Waals surface area (Å²) >= 11 is 0. The van der Waals surface area contributed by atoms with Crippen LogP contribution in [0, 0.1) is 12.3 Å². The van der Waals surface area contributed by atoms with E-state index in [1.807, 2.05) is 0 Å². The first-order valence-electron chi connectivity index (χ1n) is 5.36. The Hall–Kier alpha value is -1.88. The summed E-state index contributed by atoms with van der Waals surface area (Å²) in [4.78, 5) is 15.2. The summed E-state index contributed by atoms with van der Waals surface area (Å²) < 4.78 is 6.43. The van der Waals surface area contributed by atoms with Crippen molar-refractivity contribution in [2.75, 3.05) is 12.3 Å². The molecule has 2 heterocycles. The zero-order chi connectivity index (χ0) is 13.3. The van der Waals surface area contributed by atoms with Gasteiger partial charge in [0.1, 0.15) is 11.9 Å². The van der Waals surface area contributed by atoms with Gasteiger partial charge in [0.15, 0.2) is 6.23 Å². The van der Waals surface area contributed by atoms with E-state index in [4.69, 9.17) is 22.0 Å². The van der Waals surface area contributed by atoms with Gasteiger partial charge in [-0.05, 0) is 0 Å². The molecule has 3 atom stereocenters. The highest BCUT2D eigenvalue weighted by Gasteiger charge is 2.35. The van der Waals surface area contributed by atoms with Crippen molar-refractivity contribution < 1.29 is 14.9 Å². The van der Waals surface area contributed by atoms with Crippen LogP contribution in [0.4, 0.5) is 5.82 Å². The molecule has 1 saturated heterocycles. The fourth-order valence-electron chi connectivity index (χ4n) is 1.87. The summed E-state index contributed by atoms with van der Waals surface area (Å²) in [5.74, 6) is 2.26. The van der Waals surface area contributed by atoms with Gasteiger partial charge in [-0.15, -0.1) is 6.42 Å². The van der Waals surface area contributed by atoms with Crippen LogP contribution in [-0.2, 0) is 4.74 Å². The van der Waals surface area contributed by atoms with Crippen molar-refractivity contribution in [2.24, 2.45) is 0 Å². The van der Waals surface area contributed by atoms with Gasteiger partial charge in [-0.3, -0.25) is 4.57 Å². The Kier molecular flexibility index (Phi) is 3.34. The largest absolute Gasteiger partial charge is 0.394 e. The van der Waals surface area contributed by atoms with Crippen LogP contribution in [0.2, 0.25) is 0 Å². The smallest absolute Gasteiger partial charge is 0.351 e. The molecule has 18 heavy (non-hydrogen) atoms. The summed E-state index contributed by atoms with van der Waals surface area (Å²) in [6, 6.07) is 0. The van der Waals surface area contributed by atoms with Crippen LogP contribution in [-0.4, -0.2) is 38.6 Å². The number of hydrogen-bond acceptors (Lipinski definition) is 6. The maximum atomic E-state index is 11.7. The number of aliphatic hydroxyl groups excluding tert-OH is 2. The standard InChI is InChI=1S/C11H13N3O4/c1-2-6-4-14(11(17)13-9(6)12)10-8(16)3-7(5-15)18-10/h1,4,7-8,10,15-16H,3,5H2,(H2,12,13,17)/t7-,8-,10+/m0/s1. The molecule has 0 unspecified atom stereocenters. The molecule has 0 aromatic carbocycles. The number of nitrogens with two attached hydrogens (primary N) is 1. The van der Waals surface area contributed by atoms with Gasteiger partial charge in [0.05, 0.1) is 18.3 Å². The molecule has 2 rings (SSSR count). The molecule has 7 nitrogen and oxygen atoms in total. The molecule has 1 aliphatic rings. The van der Waals surface area contributed by atoms with Gasteiger partial charge in [-0.1, -0.05) is 5.92 Å². The number of ether oxygens (including phenoxy) is 1. The Morgan fingerprint density at radius 1 is 1.72 bits per heavy atom. The van der Waals surface area contributed by atoms with Crippen molar-refractivity contribution in [3.8, 4) is 12.3 Å². The van der Waals surface area contributed by atoms with Crippen molar-refractivity contribution >= 4 is 5.82 Å². The minimum Gasteiger partial charge on any atom is -0.394 e. The number of aliphatic hydroxyl groups is 2. The van der Waals surface area contributed by atoms with Crippen molar-refractivity contribution in [1.82, 2.24) is 9.55 Å². The molecule has 7 heteroatoms. The summed E-state index contributed by atoms with van der Waals surface area (Å²) in [6.07, 6.45) is 4.46. The van der Waals surface area contributed by atoms with Crippen molar-refractivity contribution in [3.63, 3.8) is 0 Å². The quantitative estimate of drug-likeness (QED) is 0.549. The Morgan fingerprint density at radius 2 is 2.44 bits per heavy atom. The highest BCUT2D eigenvalue weighted by Crippen LogP contribution is 2.27. The lowest BCUT2D eigenvalue weighted by molar-refractivity contribution is -0.0529. The molecule has 1 aliphatic heterocycles. The second kappa shape index (κ2) is 4.78. The van der Waals surface area contributed by atoms with E-state index in [0.717, 1.165) is 4.57 Å². The Bertz CT molecular complexity index is 548. The predicted octanol–water partition coefficient (Wildman–Crippen LogP) is -1.55. The minimum absolute atomic E-state index is 0.0371. The number of hydrogen-bond donors (Lipinski definition) is 3. The maximum Gasteiger partial charge on any atom is 0.351 e. The van der Waals surface area contributed by atoms with E-state index < -0.39 is 24.1 Å². The van der Waals surface area contributed by atoms with Gasteiger partial charge in [0.25, 0.3) is 0 Å². The Morgan fingerprint density at radius 3 is 3.00 bits per heavy atom. The predicted molar refractivity (Wildman–Crippen MR) is 62.5 cm³/mol. The van der Waals surface area contributed by atoms with Crippen LogP contribution in [0.1, 0.15) is 18.2 Å². The van der Waals surface area contributed by atoms with E-state index >= 15 is 0 Å². The van der Waals surface area contributed by atoms with Crippen LogP contribution in [0.5, 0.6) is 0 Å². The molecule has 1 aromatic heterocycles. The summed E-state index contributed by atoms with van der Waals surface area (Å²) in [5, 5.41) is 18.8. The van der Waals surface area contributed by atoms with Crippen LogP contribution >= 0.6 is 0 Å². The molecule has 4 N–H and O–H groups in total. The van der Waals surface area contributed by atoms with Crippen LogP contribution in [0.15, 0.2) is 11.0 Å². The van der Waals surface area contributed by atoms with E-state index in [1.54, 1.807) is 0 Å². The molecule has 0 spiro atoms. The van der Waals surface area contributed by atoms with Crippen molar-refractivity contribution in [3.05, 3.63) is 22.2 Å². The third-order valence-corrected chi connectivity index (χ3v) is 2.78. The summed E-state index contributed by atoms with van der Waals surface area (Å²) in [6.45, 7) is -0.229. The first-order chi connectivity index (χ1) is 8.56. The Balaban J connectivity index is 2.40. The molecule has 1 fully saturated rings. The number of rotatable bonds is 2.